The van der Waals surface area contributed by atoms with Gasteiger partial charge in [0.1, 0.15) is 0 Å². The van der Waals surface area contributed by atoms with Crippen molar-refractivity contribution in [1.82, 2.24) is 0 Å². The highest BCUT2D eigenvalue weighted by Crippen LogP contribution is 2.67. The quantitative estimate of drug-likeness (QED) is 0.367. The number of rotatable bonds is 6. The van der Waals surface area contributed by atoms with Crippen LogP contribution in [0.5, 0.6) is 0 Å². The minimum Gasteiger partial charge on any atom is -0.396 e. The van der Waals surface area contributed by atoms with Crippen LogP contribution in [0, 0.1) is 39.9 Å². The summed E-state index contributed by atoms with van der Waals surface area (Å²) in [6.45, 7) is 12.7. The van der Waals surface area contributed by atoms with Crippen molar-refractivity contribution in [2.45, 2.75) is 118 Å². The number of aliphatic hydroxyl groups is 1. The predicted molar refractivity (Wildman–Crippen MR) is 127 cm³/mol. The molecule has 2 saturated carbocycles. The third-order valence-electron chi connectivity index (χ3n) is 11.1. The highest BCUT2D eigenvalue weighted by molar-refractivity contribution is 5.35. The molecule has 4 aliphatic rings. The average molecular weight is 416 g/mol. The molecule has 30 heavy (non-hydrogen) atoms. The van der Waals surface area contributed by atoms with Gasteiger partial charge >= 0.3 is 0 Å². The zero-order valence-corrected chi connectivity index (χ0v) is 20.6. The van der Waals surface area contributed by atoms with E-state index in [0.29, 0.717) is 29.4 Å². The summed E-state index contributed by atoms with van der Waals surface area (Å²) in [7, 11) is 0. The largest absolute Gasteiger partial charge is 0.396 e. The third-order valence-corrected chi connectivity index (χ3v) is 11.1. The van der Waals surface area contributed by atoms with Crippen molar-refractivity contribution in [1.29, 1.82) is 0 Å². The van der Waals surface area contributed by atoms with Crippen LogP contribution in [0.25, 0.3) is 0 Å². The SMILES string of the molecule is CC(CO)CCCCC1CCC2C3=C(CCC12C)C1(C)CCC(N)C(C)(C)C1CC3. The molecule has 0 heterocycles. The smallest absolute Gasteiger partial charge is 0.0456 e. The van der Waals surface area contributed by atoms with Gasteiger partial charge < -0.3 is 10.8 Å². The first-order valence-electron chi connectivity index (χ1n) is 13.2. The van der Waals surface area contributed by atoms with E-state index in [1.165, 1.54) is 77.0 Å². The molecule has 0 saturated heterocycles. The Morgan fingerprint density at radius 2 is 1.77 bits per heavy atom. The molecule has 4 rings (SSSR count). The molecule has 0 aromatic heterocycles. The van der Waals surface area contributed by atoms with Gasteiger partial charge in [-0.15, -0.1) is 0 Å². The summed E-state index contributed by atoms with van der Waals surface area (Å²) in [5.41, 5.74) is 11.7. The van der Waals surface area contributed by atoms with Gasteiger partial charge in [-0.05, 0) is 104 Å². The van der Waals surface area contributed by atoms with Crippen LogP contribution in [0.3, 0.4) is 0 Å². The summed E-state index contributed by atoms with van der Waals surface area (Å²) in [6.07, 6.45) is 16.2. The lowest BCUT2D eigenvalue weighted by Gasteiger charge is -2.60. The summed E-state index contributed by atoms with van der Waals surface area (Å²) < 4.78 is 0. The monoisotopic (exact) mass is 415 g/mol. The Hall–Kier alpha value is -0.340. The Balaban J connectivity index is 1.50. The van der Waals surface area contributed by atoms with E-state index in [4.69, 9.17) is 5.73 Å². The summed E-state index contributed by atoms with van der Waals surface area (Å²) in [5.74, 6) is 3.02. The van der Waals surface area contributed by atoms with Crippen molar-refractivity contribution in [3.8, 4) is 0 Å². The van der Waals surface area contributed by atoms with E-state index < -0.39 is 0 Å². The van der Waals surface area contributed by atoms with Crippen LogP contribution in [0.15, 0.2) is 11.1 Å². The summed E-state index contributed by atoms with van der Waals surface area (Å²) in [5, 5.41) is 9.29. The van der Waals surface area contributed by atoms with Gasteiger partial charge in [-0.25, -0.2) is 0 Å². The maximum atomic E-state index is 9.29. The van der Waals surface area contributed by atoms with Gasteiger partial charge in [0.15, 0.2) is 0 Å². The van der Waals surface area contributed by atoms with Crippen molar-refractivity contribution in [3.63, 3.8) is 0 Å². The normalized spacial score (nSPS) is 43.7. The first kappa shape index (κ1) is 22.8. The maximum Gasteiger partial charge on any atom is 0.0456 e. The molecule has 3 N–H and O–H groups in total. The fraction of sp³-hybridized carbons (Fsp3) is 0.929. The molecular weight excluding hydrogens is 366 g/mol. The first-order chi connectivity index (χ1) is 14.1. The van der Waals surface area contributed by atoms with Crippen molar-refractivity contribution in [2.75, 3.05) is 6.61 Å². The number of hydrogen-bond donors (Lipinski definition) is 2. The Bertz CT molecular complexity index is 666. The second kappa shape index (κ2) is 8.22. The zero-order valence-electron chi connectivity index (χ0n) is 20.6. The van der Waals surface area contributed by atoms with E-state index in [1.54, 1.807) is 0 Å². The van der Waals surface area contributed by atoms with Gasteiger partial charge in [0.25, 0.3) is 0 Å². The van der Waals surface area contributed by atoms with Crippen LogP contribution in [0.4, 0.5) is 0 Å². The van der Waals surface area contributed by atoms with Gasteiger partial charge in [0, 0.05) is 12.6 Å². The van der Waals surface area contributed by atoms with Gasteiger partial charge in [0.2, 0.25) is 0 Å². The highest BCUT2D eigenvalue weighted by Gasteiger charge is 2.58. The predicted octanol–water partition coefficient (Wildman–Crippen LogP) is 6.86. The first-order valence-corrected chi connectivity index (χ1v) is 13.2. The number of hydrogen-bond acceptors (Lipinski definition) is 2. The molecule has 7 atom stereocenters. The van der Waals surface area contributed by atoms with E-state index in [9.17, 15) is 5.11 Å². The fourth-order valence-electron chi connectivity index (χ4n) is 8.89. The Kier molecular flexibility index (Phi) is 6.26. The Labute approximate surface area is 186 Å². The molecule has 2 fully saturated rings. The van der Waals surface area contributed by atoms with Crippen LogP contribution in [0.1, 0.15) is 112 Å². The molecule has 2 nitrogen and oxygen atoms in total. The standard InChI is InChI=1S/C28H49NO/c1-19(18-30)8-6-7-9-20-10-12-22-21-11-13-24-26(2,3)25(29)15-17-28(24,5)23(21)14-16-27(20,22)4/h19-20,22,24-25,30H,6-18,29H2,1-5H3. The summed E-state index contributed by atoms with van der Waals surface area (Å²) >= 11 is 0. The molecule has 0 spiro atoms. The van der Waals surface area contributed by atoms with Crippen molar-refractivity contribution < 1.29 is 5.11 Å². The minimum atomic E-state index is 0.274. The lowest BCUT2D eigenvalue weighted by molar-refractivity contribution is -0.0163. The van der Waals surface area contributed by atoms with E-state index >= 15 is 0 Å². The van der Waals surface area contributed by atoms with Crippen LogP contribution >= 0.6 is 0 Å². The molecule has 0 aliphatic heterocycles. The molecule has 0 radical (unpaired) electrons. The average Bonchev–Trinajstić information content (AvgIpc) is 3.04. The van der Waals surface area contributed by atoms with Crippen LogP contribution in [-0.4, -0.2) is 17.8 Å². The Morgan fingerprint density at radius 1 is 1.00 bits per heavy atom. The molecule has 172 valence electrons. The van der Waals surface area contributed by atoms with Gasteiger partial charge in [-0.2, -0.15) is 0 Å². The highest BCUT2D eigenvalue weighted by atomic mass is 16.3. The third kappa shape index (κ3) is 3.53. The van der Waals surface area contributed by atoms with Gasteiger partial charge in [-0.3, -0.25) is 0 Å². The lowest BCUT2D eigenvalue weighted by atomic mass is 9.45. The molecule has 0 aromatic rings. The Morgan fingerprint density at radius 3 is 2.50 bits per heavy atom. The molecular formula is C28H49NO. The van der Waals surface area contributed by atoms with Crippen LogP contribution in [-0.2, 0) is 0 Å². The molecule has 0 amide bonds. The number of aliphatic hydroxyl groups excluding tert-OH is 1. The number of fused-ring (bicyclic) bond motifs is 4. The maximum absolute atomic E-state index is 9.29. The summed E-state index contributed by atoms with van der Waals surface area (Å²) in [4.78, 5) is 0. The zero-order chi connectivity index (χ0) is 21.7. The molecule has 4 aliphatic carbocycles. The van der Waals surface area contributed by atoms with E-state index in [-0.39, 0.29) is 5.41 Å². The minimum absolute atomic E-state index is 0.274. The lowest BCUT2D eigenvalue weighted by Crippen LogP contribution is -2.56. The number of allylic oxidation sites excluding steroid dienone is 2. The second-order valence-corrected chi connectivity index (χ2v) is 12.9. The van der Waals surface area contributed by atoms with E-state index in [1.807, 2.05) is 11.1 Å². The van der Waals surface area contributed by atoms with Crippen molar-refractivity contribution in [2.24, 2.45) is 45.7 Å². The van der Waals surface area contributed by atoms with E-state index in [2.05, 4.69) is 34.6 Å². The molecule has 7 unspecified atom stereocenters. The van der Waals surface area contributed by atoms with Crippen LogP contribution < -0.4 is 5.73 Å². The molecule has 0 aromatic carbocycles. The van der Waals surface area contributed by atoms with E-state index in [0.717, 1.165) is 17.8 Å². The van der Waals surface area contributed by atoms with Crippen molar-refractivity contribution >= 4 is 0 Å². The van der Waals surface area contributed by atoms with Crippen LogP contribution in [0.2, 0.25) is 0 Å². The second-order valence-electron chi connectivity index (χ2n) is 12.9. The fourth-order valence-corrected chi connectivity index (χ4v) is 8.89. The van der Waals surface area contributed by atoms with Gasteiger partial charge in [0.05, 0.1) is 0 Å². The van der Waals surface area contributed by atoms with Crippen molar-refractivity contribution in [3.05, 3.63) is 11.1 Å². The summed E-state index contributed by atoms with van der Waals surface area (Å²) in [6, 6.07) is 0.371. The topological polar surface area (TPSA) is 46.2 Å². The number of nitrogens with two attached hydrogens (primary N) is 1. The van der Waals surface area contributed by atoms with Gasteiger partial charge in [-0.1, -0.05) is 58.6 Å². The molecule has 2 heteroatoms. The molecule has 0 bridgehead atoms. The number of unbranched alkanes of at least 4 members (excludes halogenated alkanes) is 1.